The van der Waals surface area contributed by atoms with Gasteiger partial charge < -0.3 is 4.74 Å². The van der Waals surface area contributed by atoms with Gasteiger partial charge in [-0.2, -0.15) is 5.10 Å². The van der Waals surface area contributed by atoms with Crippen molar-refractivity contribution in [2.24, 2.45) is 0 Å². The average Bonchev–Trinajstić information content (AvgIpc) is 2.96. The molecule has 0 fully saturated rings. The van der Waals surface area contributed by atoms with Crippen LogP contribution in [0, 0.1) is 0 Å². The number of para-hydroxylation sites is 1. The quantitative estimate of drug-likeness (QED) is 0.737. The van der Waals surface area contributed by atoms with Gasteiger partial charge in [0.2, 0.25) is 0 Å². The molecule has 118 valence electrons. The highest BCUT2D eigenvalue weighted by molar-refractivity contribution is 6.01. The third-order valence-electron chi connectivity index (χ3n) is 3.85. The second-order valence-corrected chi connectivity index (χ2v) is 6.64. The number of H-pyrrole nitrogens is 1. The summed E-state index contributed by atoms with van der Waals surface area (Å²) in [6.45, 7) is 6.75. The van der Waals surface area contributed by atoms with E-state index in [2.05, 4.69) is 43.1 Å². The first kappa shape index (κ1) is 15.3. The largest absolute Gasteiger partial charge is 0.456 e. The van der Waals surface area contributed by atoms with Crippen LogP contribution >= 0.6 is 0 Å². The summed E-state index contributed by atoms with van der Waals surface area (Å²) in [7, 11) is 0. The fourth-order valence-corrected chi connectivity index (χ4v) is 2.44. The Balaban J connectivity index is 1.69. The van der Waals surface area contributed by atoms with Gasteiger partial charge in [-0.15, -0.1) is 0 Å². The highest BCUT2D eigenvalue weighted by Crippen LogP contribution is 2.22. The fourth-order valence-electron chi connectivity index (χ4n) is 2.44. The van der Waals surface area contributed by atoms with Crippen molar-refractivity contribution in [2.75, 3.05) is 0 Å². The molecule has 0 bridgehead atoms. The van der Waals surface area contributed by atoms with Crippen molar-refractivity contribution in [3.8, 4) is 0 Å². The predicted molar refractivity (Wildman–Crippen MR) is 90.4 cm³/mol. The Labute approximate surface area is 135 Å². The van der Waals surface area contributed by atoms with Gasteiger partial charge >= 0.3 is 5.97 Å². The molecular formula is C19H20N2O2. The number of carbonyl (C=O) groups excluding carboxylic acids is 1. The molecule has 23 heavy (non-hydrogen) atoms. The molecule has 0 aliphatic carbocycles. The van der Waals surface area contributed by atoms with E-state index in [-0.39, 0.29) is 12.0 Å². The van der Waals surface area contributed by atoms with Crippen LogP contribution in [0.2, 0.25) is 0 Å². The smallest absolute Gasteiger partial charge is 0.359 e. The molecule has 0 aliphatic rings. The lowest BCUT2D eigenvalue weighted by molar-refractivity contribution is 0.0468. The monoisotopic (exact) mass is 308 g/mol. The molecule has 1 N–H and O–H groups in total. The first-order valence-electron chi connectivity index (χ1n) is 7.65. The van der Waals surface area contributed by atoms with E-state index >= 15 is 0 Å². The lowest BCUT2D eigenvalue weighted by Gasteiger charge is -2.19. The molecule has 0 spiro atoms. The molecule has 0 radical (unpaired) electrons. The Hall–Kier alpha value is -2.62. The second kappa shape index (κ2) is 5.88. The van der Waals surface area contributed by atoms with Gasteiger partial charge in [0.15, 0.2) is 5.69 Å². The van der Waals surface area contributed by atoms with Crippen molar-refractivity contribution < 1.29 is 9.53 Å². The number of hydrogen-bond donors (Lipinski definition) is 1. The van der Waals surface area contributed by atoms with Crippen LogP contribution in [0.15, 0.2) is 48.5 Å². The van der Waals surface area contributed by atoms with E-state index in [1.807, 2.05) is 36.4 Å². The zero-order chi connectivity index (χ0) is 16.4. The van der Waals surface area contributed by atoms with E-state index in [1.54, 1.807) is 0 Å². The molecule has 3 rings (SSSR count). The van der Waals surface area contributed by atoms with Crippen LogP contribution < -0.4 is 0 Å². The maximum absolute atomic E-state index is 12.2. The van der Waals surface area contributed by atoms with Crippen molar-refractivity contribution in [3.05, 3.63) is 65.4 Å². The number of esters is 1. The molecule has 0 atom stereocenters. The van der Waals surface area contributed by atoms with Crippen molar-refractivity contribution in [1.82, 2.24) is 10.2 Å². The van der Waals surface area contributed by atoms with Crippen molar-refractivity contribution in [3.63, 3.8) is 0 Å². The molecular weight excluding hydrogens is 288 g/mol. The number of nitrogens with zero attached hydrogens (tertiary/aromatic N) is 1. The van der Waals surface area contributed by atoms with Crippen LogP contribution in [-0.2, 0) is 16.8 Å². The van der Waals surface area contributed by atoms with Crippen molar-refractivity contribution in [2.45, 2.75) is 32.8 Å². The molecule has 2 aromatic carbocycles. The Morgan fingerprint density at radius 1 is 1.09 bits per heavy atom. The average molecular weight is 308 g/mol. The molecule has 1 aromatic heterocycles. The number of aromatic amines is 1. The summed E-state index contributed by atoms with van der Waals surface area (Å²) in [6.07, 6.45) is 0. The third-order valence-corrected chi connectivity index (χ3v) is 3.85. The van der Waals surface area contributed by atoms with Gasteiger partial charge in [-0.3, -0.25) is 5.10 Å². The third kappa shape index (κ3) is 3.26. The summed E-state index contributed by atoms with van der Waals surface area (Å²) in [5.41, 5.74) is 3.49. The number of benzene rings is 2. The van der Waals surface area contributed by atoms with Crippen LogP contribution in [0.3, 0.4) is 0 Å². The molecule has 0 aliphatic heterocycles. The summed E-state index contributed by atoms with van der Waals surface area (Å²) in [5, 5.41) is 7.67. The molecule has 4 nitrogen and oxygen atoms in total. The SMILES string of the molecule is CC(C)(C)c1ccc(COC(=O)c2n[nH]c3ccccc23)cc1. The van der Waals surface area contributed by atoms with E-state index < -0.39 is 5.97 Å². The highest BCUT2D eigenvalue weighted by atomic mass is 16.5. The van der Waals surface area contributed by atoms with E-state index in [9.17, 15) is 4.79 Å². The zero-order valence-corrected chi connectivity index (χ0v) is 13.6. The van der Waals surface area contributed by atoms with Crippen LogP contribution in [0.5, 0.6) is 0 Å². The second-order valence-electron chi connectivity index (χ2n) is 6.64. The van der Waals surface area contributed by atoms with Crippen LogP contribution in [0.1, 0.15) is 42.4 Å². The van der Waals surface area contributed by atoms with Gasteiger partial charge in [-0.1, -0.05) is 63.2 Å². The van der Waals surface area contributed by atoms with E-state index in [1.165, 1.54) is 5.56 Å². The topological polar surface area (TPSA) is 55.0 Å². The molecule has 3 aromatic rings. The Kier molecular flexibility index (Phi) is 3.90. The maximum Gasteiger partial charge on any atom is 0.359 e. The molecule has 4 heteroatoms. The maximum atomic E-state index is 12.2. The van der Waals surface area contributed by atoms with Crippen molar-refractivity contribution >= 4 is 16.9 Å². The summed E-state index contributed by atoms with van der Waals surface area (Å²) in [5.74, 6) is -0.414. The number of aromatic nitrogens is 2. The van der Waals surface area contributed by atoms with E-state index in [0.717, 1.165) is 16.5 Å². The lowest BCUT2D eigenvalue weighted by Crippen LogP contribution is -2.11. The minimum Gasteiger partial charge on any atom is -0.456 e. The van der Waals surface area contributed by atoms with Gasteiger partial charge in [0, 0.05) is 5.39 Å². The molecule has 0 saturated heterocycles. The van der Waals surface area contributed by atoms with Gasteiger partial charge in [0.1, 0.15) is 6.61 Å². The van der Waals surface area contributed by atoms with Crippen LogP contribution in [0.4, 0.5) is 0 Å². The minimum absolute atomic E-state index is 0.114. The summed E-state index contributed by atoms with van der Waals surface area (Å²) in [6, 6.07) is 15.7. The number of carbonyl (C=O) groups is 1. The van der Waals surface area contributed by atoms with Gasteiger partial charge in [0.25, 0.3) is 0 Å². The zero-order valence-electron chi connectivity index (χ0n) is 13.6. The van der Waals surface area contributed by atoms with Crippen molar-refractivity contribution in [1.29, 1.82) is 0 Å². The molecule has 0 amide bonds. The Bertz CT molecular complexity index is 826. The molecule has 1 heterocycles. The van der Waals surface area contributed by atoms with Crippen LogP contribution in [-0.4, -0.2) is 16.2 Å². The number of ether oxygens (including phenoxy) is 1. The first-order valence-corrected chi connectivity index (χ1v) is 7.65. The van der Waals surface area contributed by atoms with Gasteiger partial charge in [0.05, 0.1) is 5.52 Å². The summed E-state index contributed by atoms with van der Waals surface area (Å²) in [4.78, 5) is 12.2. The normalized spacial score (nSPS) is 11.6. The minimum atomic E-state index is -0.414. The predicted octanol–water partition coefficient (Wildman–Crippen LogP) is 4.22. The Morgan fingerprint density at radius 3 is 2.48 bits per heavy atom. The number of fused-ring (bicyclic) bond motifs is 1. The van der Waals surface area contributed by atoms with E-state index in [4.69, 9.17) is 4.74 Å². The summed E-state index contributed by atoms with van der Waals surface area (Å²) < 4.78 is 5.38. The molecule has 0 saturated carbocycles. The van der Waals surface area contributed by atoms with E-state index in [0.29, 0.717) is 5.69 Å². The standard InChI is InChI=1S/C19H20N2O2/c1-19(2,3)14-10-8-13(9-11-14)12-23-18(22)17-15-6-4-5-7-16(15)20-21-17/h4-11H,12H2,1-3H3,(H,20,21). The number of rotatable bonds is 3. The number of hydrogen-bond acceptors (Lipinski definition) is 3. The number of nitrogens with one attached hydrogen (secondary N) is 1. The fraction of sp³-hybridized carbons (Fsp3) is 0.263. The lowest BCUT2D eigenvalue weighted by atomic mass is 9.87. The highest BCUT2D eigenvalue weighted by Gasteiger charge is 2.16. The summed E-state index contributed by atoms with van der Waals surface area (Å²) >= 11 is 0. The molecule has 0 unspecified atom stereocenters. The first-order chi connectivity index (χ1) is 10.9. The van der Waals surface area contributed by atoms with Crippen LogP contribution in [0.25, 0.3) is 10.9 Å². The van der Waals surface area contributed by atoms with Gasteiger partial charge in [-0.25, -0.2) is 4.79 Å². The van der Waals surface area contributed by atoms with Gasteiger partial charge in [-0.05, 0) is 22.6 Å². The Morgan fingerprint density at radius 2 is 1.78 bits per heavy atom.